The zero-order chi connectivity index (χ0) is 21.0. The highest BCUT2D eigenvalue weighted by Crippen LogP contribution is 2.18. The van der Waals surface area contributed by atoms with Gasteiger partial charge < -0.3 is 14.7 Å². The Bertz CT molecular complexity index is 457. The molecule has 0 atom stereocenters. The molecule has 0 saturated heterocycles. The first-order valence-electron chi connectivity index (χ1n) is 12.4. The van der Waals surface area contributed by atoms with Crippen molar-refractivity contribution >= 4 is 0 Å². The van der Waals surface area contributed by atoms with Crippen LogP contribution in [0.15, 0.2) is 30.3 Å². The molecule has 0 amide bonds. The van der Waals surface area contributed by atoms with E-state index in [-0.39, 0.29) is 13.2 Å². The highest BCUT2D eigenvalue weighted by atomic mass is 16.3. The number of aliphatic hydroxyl groups excluding tert-OH is 2. The van der Waals surface area contributed by atoms with Gasteiger partial charge in [0.15, 0.2) is 0 Å². The second-order valence-electron chi connectivity index (χ2n) is 8.85. The number of quaternary nitrogens is 1. The average molecular weight is 407 g/mol. The van der Waals surface area contributed by atoms with Crippen molar-refractivity contribution < 1.29 is 14.7 Å². The summed E-state index contributed by atoms with van der Waals surface area (Å²) >= 11 is 0. The molecule has 0 aliphatic heterocycles. The van der Waals surface area contributed by atoms with E-state index in [1.165, 1.54) is 89.0 Å². The lowest BCUT2D eigenvalue weighted by atomic mass is 10.0. The second kappa shape index (κ2) is 17.9. The van der Waals surface area contributed by atoms with Gasteiger partial charge in [-0.05, 0) is 12.8 Å². The van der Waals surface area contributed by atoms with Gasteiger partial charge in [0.25, 0.3) is 0 Å². The van der Waals surface area contributed by atoms with Crippen molar-refractivity contribution in [2.75, 3.05) is 32.8 Å². The number of benzene rings is 1. The summed E-state index contributed by atoms with van der Waals surface area (Å²) < 4.78 is 0.801. The zero-order valence-corrected chi connectivity index (χ0v) is 19.2. The molecule has 0 radical (unpaired) electrons. The Morgan fingerprint density at radius 2 is 1.03 bits per heavy atom. The van der Waals surface area contributed by atoms with E-state index in [9.17, 15) is 10.2 Å². The fourth-order valence-electron chi connectivity index (χ4n) is 4.43. The van der Waals surface area contributed by atoms with Crippen molar-refractivity contribution in [2.24, 2.45) is 0 Å². The second-order valence-corrected chi connectivity index (χ2v) is 8.85. The highest BCUT2D eigenvalue weighted by Gasteiger charge is 2.26. The van der Waals surface area contributed by atoms with Gasteiger partial charge in [0, 0.05) is 5.56 Å². The summed E-state index contributed by atoms with van der Waals surface area (Å²) in [6.45, 7) is 6.06. The van der Waals surface area contributed by atoms with Crippen LogP contribution in [0.3, 0.4) is 0 Å². The monoisotopic (exact) mass is 406 g/mol. The van der Waals surface area contributed by atoms with Gasteiger partial charge in [-0.2, -0.15) is 0 Å². The third-order valence-corrected chi connectivity index (χ3v) is 6.25. The van der Waals surface area contributed by atoms with Crippen LogP contribution in [0.2, 0.25) is 0 Å². The van der Waals surface area contributed by atoms with Gasteiger partial charge in [0.1, 0.15) is 19.6 Å². The number of unbranched alkanes of at least 4 members (excludes halogenated alkanes) is 12. The molecule has 0 spiro atoms. The smallest absolute Gasteiger partial charge is 0.104 e. The quantitative estimate of drug-likeness (QED) is 0.203. The molecule has 3 heteroatoms. The molecule has 0 unspecified atom stereocenters. The minimum absolute atomic E-state index is 0.186. The maximum Gasteiger partial charge on any atom is 0.104 e. The fourth-order valence-corrected chi connectivity index (χ4v) is 4.43. The van der Waals surface area contributed by atoms with Crippen molar-refractivity contribution in [3.63, 3.8) is 0 Å². The topological polar surface area (TPSA) is 40.5 Å². The van der Waals surface area contributed by atoms with Crippen molar-refractivity contribution in [1.82, 2.24) is 0 Å². The summed E-state index contributed by atoms with van der Waals surface area (Å²) in [5.41, 5.74) is 1.30. The molecule has 168 valence electrons. The Morgan fingerprint density at radius 3 is 1.48 bits per heavy atom. The van der Waals surface area contributed by atoms with Crippen molar-refractivity contribution in [1.29, 1.82) is 0 Å². The molecule has 0 saturated carbocycles. The van der Waals surface area contributed by atoms with Gasteiger partial charge >= 0.3 is 0 Å². The first-order chi connectivity index (χ1) is 14.3. The molecule has 0 bridgehead atoms. The van der Waals surface area contributed by atoms with Crippen LogP contribution >= 0.6 is 0 Å². The third-order valence-electron chi connectivity index (χ3n) is 6.25. The Kier molecular flexibility index (Phi) is 16.1. The molecule has 0 aliphatic carbocycles. The number of nitrogens with zero attached hydrogens (tertiary/aromatic N) is 1. The first-order valence-corrected chi connectivity index (χ1v) is 12.4. The van der Waals surface area contributed by atoms with Gasteiger partial charge in [-0.1, -0.05) is 108 Å². The normalized spacial score (nSPS) is 11.8. The highest BCUT2D eigenvalue weighted by molar-refractivity contribution is 5.13. The summed E-state index contributed by atoms with van der Waals surface area (Å²) in [4.78, 5) is 0. The standard InChI is InChI=1S/C26H48NO2/c1-2-3-4-5-6-7-8-9-10-11-12-13-17-20-27(21-23-28,22-24-29)25-26-18-15-14-16-19-26/h14-16,18-19,28-29H,2-13,17,20-25H2,1H3/q+1. The van der Waals surface area contributed by atoms with E-state index in [4.69, 9.17) is 0 Å². The van der Waals surface area contributed by atoms with Crippen LogP contribution in [0.5, 0.6) is 0 Å². The Balaban J connectivity index is 2.17. The summed E-state index contributed by atoms with van der Waals surface area (Å²) in [6.07, 6.45) is 17.8. The summed E-state index contributed by atoms with van der Waals surface area (Å²) in [5.74, 6) is 0. The van der Waals surface area contributed by atoms with E-state index in [0.29, 0.717) is 0 Å². The SMILES string of the molecule is CCCCCCCCCCCCCCC[N+](CCO)(CCO)Cc1ccccc1. The number of hydrogen-bond donors (Lipinski definition) is 2. The molecular weight excluding hydrogens is 358 g/mol. The minimum atomic E-state index is 0.186. The Morgan fingerprint density at radius 1 is 0.586 bits per heavy atom. The molecule has 2 N–H and O–H groups in total. The lowest BCUT2D eigenvalue weighted by Gasteiger charge is -2.38. The largest absolute Gasteiger partial charge is 0.391 e. The fraction of sp³-hybridized carbons (Fsp3) is 0.769. The molecular formula is C26H48NO2+. The lowest BCUT2D eigenvalue weighted by molar-refractivity contribution is -0.941. The van der Waals surface area contributed by atoms with Gasteiger partial charge in [0.05, 0.1) is 19.8 Å². The van der Waals surface area contributed by atoms with Crippen LogP contribution < -0.4 is 0 Å². The molecule has 0 aromatic heterocycles. The predicted octanol–water partition coefficient (Wildman–Crippen LogP) is 6.08. The molecule has 0 aliphatic rings. The van der Waals surface area contributed by atoms with Crippen molar-refractivity contribution in [2.45, 2.75) is 96.9 Å². The van der Waals surface area contributed by atoms with E-state index in [0.717, 1.165) is 30.7 Å². The molecule has 29 heavy (non-hydrogen) atoms. The van der Waals surface area contributed by atoms with Gasteiger partial charge in [0.2, 0.25) is 0 Å². The van der Waals surface area contributed by atoms with Crippen LogP contribution in [0.4, 0.5) is 0 Å². The van der Waals surface area contributed by atoms with Crippen molar-refractivity contribution in [3.05, 3.63) is 35.9 Å². The lowest BCUT2D eigenvalue weighted by Crippen LogP contribution is -2.51. The van der Waals surface area contributed by atoms with Gasteiger partial charge in [-0.15, -0.1) is 0 Å². The molecule has 1 aromatic rings. The molecule has 1 aromatic carbocycles. The predicted molar refractivity (Wildman–Crippen MR) is 125 cm³/mol. The third kappa shape index (κ3) is 13.1. The molecule has 3 nitrogen and oxygen atoms in total. The van der Waals surface area contributed by atoms with E-state index in [2.05, 4.69) is 31.2 Å². The van der Waals surface area contributed by atoms with E-state index in [1.807, 2.05) is 6.07 Å². The Labute approximate surface area is 180 Å². The molecule has 0 fully saturated rings. The zero-order valence-electron chi connectivity index (χ0n) is 19.2. The first kappa shape index (κ1) is 26.1. The molecule has 0 heterocycles. The summed E-state index contributed by atoms with van der Waals surface area (Å²) in [6, 6.07) is 10.5. The van der Waals surface area contributed by atoms with E-state index < -0.39 is 0 Å². The minimum Gasteiger partial charge on any atom is -0.391 e. The van der Waals surface area contributed by atoms with Gasteiger partial charge in [-0.3, -0.25) is 0 Å². The number of hydrogen-bond acceptors (Lipinski definition) is 2. The number of rotatable bonds is 20. The van der Waals surface area contributed by atoms with E-state index in [1.54, 1.807) is 0 Å². The maximum absolute atomic E-state index is 9.61. The maximum atomic E-state index is 9.61. The van der Waals surface area contributed by atoms with E-state index >= 15 is 0 Å². The van der Waals surface area contributed by atoms with Crippen LogP contribution in [-0.2, 0) is 6.54 Å². The van der Waals surface area contributed by atoms with Crippen LogP contribution in [-0.4, -0.2) is 47.5 Å². The summed E-state index contributed by atoms with van der Waals surface area (Å²) in [7, 11) is 0. The van der Waals surface area contributed by atoms with Crippen LogP contribution in [0.1, 0.15) is 96.0 Å². The average Bonchev–Trinajstić information content (AvgIpc) is 2.72. The molecule has 1 rings (SSSR count). The Hall–Kier alpha value is -0.900. The summed E-state index contributed by atoms with van der Waals surface area (Å²) in [5, 5.41) is 19.2. The van der Waals surface area contributed by atoms with Crippen LogP contribution in [0.25, 0.3) is 0 Å². The number of aliphatic hydroxyl groups is 2. The van der Waals surface area contributed by atoms with Gasteiger partial charge in [-0.25, -0.2) is 0 Å². The van der Waals surface area contributed by atoms with Crippen LogP contribution in [0, 0.1) is 0 Å². The van der Waals surface area contributed by atoms with Crippen molar-refractivity contribution in [3.8, 4) is 0 Å².